The van der Waals surface area contributed by atoms with E-state index in [2.05, 4.69) is 5.32 Å². The minimum Gasteiger partial charge on any atom is -0.459 e. The number of aliphatic hydroxyl groups excluding tert-OH is 1. The van der Waals surface area contributed by atoms with Gasteiger partial charge in [0.2, 0.25) is 0 Å². The largest absolute Gasteiger partial charge is 0.459 e. The third kappa shape index (κ3) is 4.43. The minimum absolute atomic E-state index is 0.119. The van der Waals surface area contributed by atoms with Crippen LogP contribution in [-0.4, -0.2) is 41.5 Å². The van der Waals surface area contributed by atoms with Crippen molar-refractivity contribution in [2.75, 3.05) is 18.9 Å². The van der Waals surface area contributed by atoms with Gasteiger partial charge < -0.3 is 19.7 Å². The van der Waals surface area contributed by atoms with Crippen molar-refractivity contribution in [2.45, 2.75) is 26.4 Å². The van der Waals surface area contributed by atoms with Crippen LogP contribution in [-0.2, 0) is 0 Å². The first-order chi connectivity index (χ1) is 10.9. The van der Waals surface area contributed by atoms with Crippen molar-refractivity contribution >= 4 is 28.2 Å². The fraction of sp³-hybridized carbons (Fsp3) is 0.375. The molecule has 2 amide bonds. The van der Waals surface area contributed by atoms with Crippen molar-refractivity contribution in [2.24, 2.45) is 0 Å². The zero-order valence-corrected chi connectivity index (χ0v) is 14.1. The average Bonchev–Trinajstić information content (AvgIpc) is 3.13. The van der Waals surface area contributed by atoms with Gasteiger partial charge in [0, 0.05) is 13.6 Å². The molecule has 2 heterocycles. The Labute approximate surface area is 138 Å². The second-order valence-electron chi connectivity index (χ2n) is 5.42. The number of nitrogens with zero attached hydrogens (tertiary/aromatic N) is 1. The molecular weight excluding hydrogens is 316 g/mol. The monoisotopic (exact) mass is 336 g/mol. The summed E-state index contributed by atoms with van der Waals surface area (Å²) < 4.78 is 5.04. The second kappa shape index (κ2) is 7.43. The van der Waals surface area contributed by atoms with Gasteiger partial charge in [-0.25, -0.2) is 0 Å². The van der Waals surface area contributed by atoms with Gasteiger partial charge in [-0.15, -0.1) is 11.3 Å². The van der Waals surface area contributed by atoms with Crippen LogP contribution in [0.2, 0.25) is 0 Å². The zero-order valence-electron chi connectivity index (χ0n) is 13.3. The maximum atomic E-state index is 12.4. The number of furan rings is 1. The van der Waals surface area contributed by atoms with Gasteiger partial charge in [-0.05, 0) is 44.0 Å². The Bertz CT molecular complexity index is 676. The van der Waals surface area contributed by atoms with E-state index in [1.807, 2.05) is 6.92 Å². The molecule has 2 N–H and O–H groups in total. The number of nitrogens with one attached hydrogen (secondary N) is 1. The lowest BCUT2D eigenvalue weighted by atomic mass is 10.2. The second-order valence-corrected chi connectivity index (χ2v) is 6.47. The number of hydrogen-bond acceptors (Lipinski definition) is 5. The molecule has 124 valence electrons. The Morgan fingerprint density at radius 3 is 2.83 bits per heavy atom. The van der Waals surface area contributed by atoms with Gasteiger partial charge in [-0.2, -0.15) is 0 Å². The van der Waals surface area contributed by atoms with Crippen LogP contribution in [0.15, 0.2) is 28.9 Å². The normalized spacial score (nSPS) is 12.0. The van der Waals surface area contributed by atoms with Crippen LogP contribution < -0.4 is 5.32 Å². The summed E-state index contributed by atoms with van der Waals surface area (Å²) in [7, 11) is 1.70. The number of rotatable bonds is 6. The Morgan fingerprint density at radius 1 is 1.48 bits per heavy atom. The minimum atomic E-state index is -0.446. The van der Waals surface area contributed by atoms with Crippen LogP contribution in [0, 0.1) is 6.92 Å². The quantitative estimate of drug-likeness (QED) is 0.850. The molecule has 23 heavy (non-hydrogen) atoms. The molecule has 0 spiro atoms. The molecule has 0 aromatic carbocycles. The highest BCUT2D eigenvalue weighted by Crippen LogP contribution is 2.28. The third-order valence-electron chi connectivity index (χ3n) is 3.32. The van der Waals surface area contributed by atoms with Crippen molar-refractivity contribution in [1.82, 2.24) is 4.90 Å². The molecule has 0 aliphatic carbocycles. The Kier molecular flexibility index (Phi) is 5.57. The molecule has 0 saturated carbocycles. The number of amides is 2. The van der Waals surface area contributed by atoms with Crippen LogP contribution in [0.3, 0.4) is 0 Å². The Morgan fingerprint density at radius 2 is 2.22 bits per heavy atom. The molecule has 0 fully saturated rings. The Balaban J connectivity index is 2.05. The highest BCUT2D eigenvalue weighted by molar-refractivity contribution is 7.18. The van der Waals surface area contributed by atoms with Crippen LogP contribution >= 0.6 is 11.3 Å². The topological polar surface area (TPSA) is 82.8 Å². The van der Waals surface area contributed by atoms with Crippen molar-refractivity contribution in [1.29, 1.82) is 0 Å². The average molecular weight is 336 g/mol. The molecule has 0 aliphatic rings. The van der Waals surface area contributed by atoms with Gasteiger partial charge in [0.05, 0.1) is 22.2 Å². The lowest BCUT2D eigenvalue weighted by molar-refractivity contribution is 0.0772. The zero-order chi connectivity index (χ0) is 17.0. The summed E-state index contributed by atoms with van der Waals surface area (Å²) in [5, 5.41) is 12.6. The van der Waals surface area contributed by atoms with E-state index in [-0.39, 0.29) is 17.6 Å². The predicted octanol–water partition coefficient (Wildman–Crippen LogP) is 2.74. The third-order valence-corrected chi connectivity index (χ3v) is 4.46. The first kappa shape index (κ1) is 17.2. The maximum Gasteiger partial charge on any atom is 0.291 e. The first-order valence-electron chi connectivity index (χ1n) is 7.27. The molecule has 0 aliphatic heterocycles. The first-order valence-corrected chi connectivity index (χ1v) is 8.09. The van der Waals surface area contributed by atoms with E-state index >= 15 is 0 Å². The summed E-state index contributed by atoms with van der Waals surface area (Å²) in [5.41, 5.74) is 0.804. The summed E-state index contributed by atoms with van der Waals surface area (Å²) >= 11 is 1.23. The number of carbonyl (C=O) groups is 2. The Hall–Kier alpha value is -2.12. The molecule has 2 aromatic heterocycles. The summed E-state index contributed by atoms with van der Waals surface area (Å²) in [6.07, 6.45) is 1.51. The standard InChI is InChI=1S/C16H20N2O4S/c1-10-9-13(17-15(20)12-5-4-8-22-12)23-14(10)16(21)18(3)7-6-11(2)19/h4-5,8-9,11,19H,6-7H2,1-3H3,(H,17,20). The number of thiophene rings is 1. The van der Waals surface area contributed by atoms with Gasteiger partial charge in [0.25, 0.3) is 11.8 Å². The number of aliphatic hydroxyl groups is 1. The van der Waals surface area contributed by atoms with Crippen molar-refractivity contribution in [3.63, 3.8) is 0 Å². The van der Waals surface area contributed by atoms with E-state index in [1.54, 1.807) is 37.1 Å². The number of anilines is 1. The van der Waals surface area contributed by atoms with E-state index < -0.39 is 6.10 Å². The van der Waals surface area contributed by atoms with Gasteiger partial charge in [0.1, 0.15) is 0 Å². The molecule has 1 atom stereocenters. The van der Waals surface area contributed by atoms with E-state index in [1.165, 1.54) is 17.6 Å². The molecule has 2 aromatic rings. The summed E-state index contributed by atoms with van der Waals surface area (Å²) in [5.74, 6) is -0.248. The smallest absolute Gasteiger partial charge is 0.291 e. The summed E-state index contributed by atoms with van der Waals surface area (Å²) in [6, 6.07) is 4.98. The van der Waals surface area contributed by atoms with Crippen molar-refractivity contribution < 1.29 is 19.1 Å². The lowest BCUT2D eigenvalue weighted by Gasteiger charge is -2.17. The predicted molar refractivity (Wildman–Crippen MR) is 89.0 cm³/mol. The molecule has 1 unspecified atom stereocenters. The highest BCUT2D eigenvalue weighted by atomic mass is 32.1. The SMILES string of the molecule is Cc1cc(NC(=O)c2ccco2)sc1C(=O)N(C)CCC(C)O. The van der Waals surface area contributed by atoms with Crippen molar-refractivity contribution in [3.8, 4) is 0 Å². The van der Waals surface area contributed by atoms with Gasteiger partial charge in [0.15, 0.2) is 5.76 Å². The molecular formula is C16H20N2O4S. The van der Waals surface area contributed by atoms with Crippen LogP contribution in [0.1, 0.15) is 39.1 Å². The number of hydrogen-bond donors (Lipinski definition) is 2. The number of carbonyl (C=O) groups excluding carboxylic acids is 2. The van der Waals surface area contributed by atoms with E-state index in [4.69, 9.17) is 4.42 Å². The van der Waals surface area contributed by atoms with Crippen molar-refractivity contribution in [3.05, 3.63) is 40.7 Å². The van der Waals surface area contributed by atoms with Crippen LogP contribution in [0.4, 0.5) is 5.00 Å². The summed E-state index contributed by atoms with van der Waals surface area (Å²) in [4.78, 5) is 26.5. The van der Waals surface area contributed by atoms with E-state index in [9.17, 15) is 14.7 Å². The van der Waals surface area contributed by atoms with Crippen LogP contribution in [0.25, 0.3) is 0 Å². The van der Waals surface area contributed by atoms with Gasteiger partial charge in [-0.1, -0.05) is 0 Å². The molecule has 6 nitrogen and oxygen atoms in total. The van der Waals surface area contributed by atoms with Gasteiger partial charge >= 0.3 is 0 Å². The molecule has 0 radical (unpaired) electrons. The molecule has 0 bridgehead atoms. The fourth-order valence-corrected chi connectivity index (χ4v) is 3.06. The molecule has 0 saturated heterocycles. The summed E-state index contributed by atoms with van der Waals surface area (Å²) in [6.45, 7) is 3.99. The van der Waals surface area contributed by atoms with E-state index in [0.717, 1.165) is 5.56 Å². The maximum absolute atomic E-state index is 12.4. The van der Waals surface area contributed by atoms with Gasteiger partial charge in [-0.3, -0.25) is 9.59 Å². The fourth-order valence-electron chi connectivity index (χ4n) is 1.99. The lowest BCUT2D eigenvalue weighted by Crippen LogP contribution is -2.29. The molecule has 2 rings (SSSR count). The molecule has 7 heteroatoms. The van der Waals surface area contributed by atoms with Crippen LogP contribution in [0.5, 0.6) is 0 Å². The highest BCUT2D eigenvalue weighted by Gasteiger charge is 2.19. The van der Waals surface area contributed by atoms with E-state index in [0.29, 0.717) is 22.8 Å². The number of aryl methyl sites for hydroxylation is 1.